The van der Waals surface area contributed by atoms with E-state index in [1.807, 2.05) is 55.5 Å². The summed E-state index contributed by atoms with van der Waals surface area (Å²) in [5.74, 6) is 7.82. The highest BCUT2D eigenvalue weighted by Crippen LogP contribution is 2.56. The molecule has 0 saturated heterocycles. The van der Waals surface area contributed by atoms with Gasteiger partial charge in [-0.05, 0) is 262 Å². The third-order valence-corrected chi connectivity index (χ3v) is 20.2. The van der Waals surface area contributed by atoms with Crippen molar-refractivity contribution in [2.45, 2.75) is 215 Å². The van der Waals surface area contributed by atoms with Gasteiger partial charge in [-0.15, -0.1) is 0 Å². The topological polar surface area (TPSA) is 105 Å². The van der Waals surface area contributed by atoms with Crippen LogP contribution < -0.4 is 14.2 Å². The number of Topliss-reactive ketones (excluding diaryl/α,β-unsaturated/α-hetero) is 1. The number of fused-ring (bicyclic) bond motifs is 2. The van der Waals surface area contributed by atoms with E-state index in [2.05, 4.69) is 138 Å². The molecule has 9 rings (SSSR count). The number of aliphatic hydroxyl groups excluding tert-OH is 2. The van der Waals surface area contributed by atoms with Crippen molar-refractivity contribution < 1.29 is 34.3 Å². The maximum Gasteiger partial charge on any atom is 0.163 e. The largest absolute Gasteiger partial charge is 0.504 e. The van der Waals surface area contributed by atoms with Crippen LogP contribution in [0.15, 0.2) is 120 Å². The minimum absolute atomic E-state index is 0.195. The second kappa shape index (κ2) is 31.8. The normalized spacial score (nSPS) is 21.3. The lowest BCUT2D eigenvalue weighted by Gasteiger charge is -2.45. The molecule has 3 N–H and O–H groups in total. The molecule has 0 spiro atoms. The molecule has 0 amide bonds. The second-order valence-electron chi connectivity index (χ2n) is 27.2. The van der Waals surface area contributed by atoms with Crippen molar-refractivity contribution in [3.8, 4) is 23.0 Å². The number of carbonyl (C=O) groups is 1. The number of aliphatic hydroxyl groups is 2. The Kier molecular flexibility index (Phi) is 25.0. The summed E-state index contributed by atoms with van der Waals surface area (Å²) in [5.41, 5.74) is 20.1. The van der Waals surface area contributed by atoms with E-state index in [1.54, 1.807) is 14.2 Å². The van der Waals surface area contributed by atoms with Crippen LogP contribution in [0.4, 0.5) is 0 Å². The molecule has 10 atom stereocenters. The number of aromatic hydroxyl groups is 1. The number of hydrogen-bond acceptors (Lipinski definition) is 7. The number of rotatable bonds is 21. The van der Waals surface area contributed by atoms with E-state index in [9.17, 15) is 20.1 Å². The van der Waals surface area contributed by atoms with Gasteiger partial charge < -0.3 is 29.5 Å². The van der Waals surface area contributed by atoms with Gasteiger partial charge in [-0.25, -0.2) is 0 Å². The Bertz CT molecular complexity index is 3200. The summed E-state index contributed by atoms with van der Waals surface area (Å²) < 4.78 is 17.8. The number of ether oxygens (including phenoxy) is 3. The van der Waals surface area contributed by atoms with E-state index in [0.717, 1.165) is 98.0 Å². The average molecular weight is 1180 g/mol. The van der Waals surface area contributed by atoms with Crippen molar-refractivity contribution in [3.05, 3.63) is 193 Å². The molecular formula is C80H108O7. The molecule has 7 nitrogen and oxygen atoms in total. The molecule has 0 aromatic heterocycles. The lowest BCUT2D eigenvalue weighted by Crippen LogP contribution is -2.35. The van der Waals surface area contributed by atoms with Crippen molar-refractivity contribution in [1.29, 1.82) is 0 Å². The predicted octanol–water partition coefficient (Wildman–Crippen LogP) is 20.5. The molecular weight excluding hydrogens is 1070 g/mol. The maximum absolute atomic E-state index is 13.4. The molecule has 0 radical (unpaired) electrons. The number of methoxy groups -OCH3 is 2. The summed E-state index contributed by atoms with van der Waals surface area (Å²) in [6.07, 6.45) is 21.5. The number of phenolic OH excluding ortho intramolecular Hbond substituents is 1. The fraction of sp³-hybridized carbons (Fsp3) is 0.512. The van der Waals surface area contributed by atoms with Crippen molar-refractivity contribution >= 4 is 11.5 Å². The molecule has 0 heterocycles. The molecule has 0 bridgehead atoms. The van der Waals surface area contributed by atoms with Gasteiger partial charge in [-0.1, -0.05) is 135 Å². The van der Waals surface area contributed by atoms with Gasteiger partial charge in [0.05, 0.1) is 14.2 Å². The Labute approximate surface area is 525 Å². The first-order chi connectivity index (χ1) is 41.6. The number of aryl methyl sites for hydroxylation is 3. The number of carbonyl (C=O) groups excluding carboxylic acids is 1. The van der Waals surface area contributed by atoms with Crippen molar-refractivity contribution in [1.82, 2.24) is 0 Å². The van der Waals surface area contributed by atoms with E-state index in [-0.39, 0.29) is 24.9 Å². The lowest BCUT2D eigenvalue weighted by molar-refractivity contribution is 0.0920. The molecule has 7 heteroatoms. The van der Waals surface area contributed by atoms with Gasteiger partial charge in [0.1, 0.15) is 17.3 Å². The third kappa shape index (κ3) is 16.6. The van der Waals surface area contributed by atoms with E-state index < -0.39 is 0 Å². The van der Waals surface area contributed by atoms with E-state index in [0.29, 0.717) is 76.9 Å². The number of phenols is 1. The Morgan fingerprint density at radius 2 is 1.09 bits per heavy atom. The first-order valence-corrected chi connectivity index (χ1v) is 33.0. The smallest absolute Gasteiger partial charge is 0.163 e. The van der Waals surface area contributed by atoms with Crippen LogP contribution >= 0.6 is 0 Å². The highest BCUT2D eigenvalue weighted by molar-refractivity contribution is 5.96. The maximum atomic E-state index is 13.4. The summed E-state index contributed by atoms with van der Waals surface area (Å²) in [6, 6.07) is 26.8. The van der Waals surface area contributed by atoms with Gasteiger partial charge in [0.25, 0.3) is 0 Å². The quantitative estimate of drug-likeness (QED) is 0.0382. The van der Waals surface area contributed by atoms with Gasteiger partial charge in [-0.3, -0.25) is 4.79 Å². The van der Waals surface area contributed by atoms with Crippen LogP contribution in [0.2, 0.25) is 0 Å². The Balaban J connectivity index is 0.000000196. The first-order valence-electron chi connectivity index (χ1n) is 33.0. The summed E-state index contributed by atoms with van der Waals surface area (Å²) >= 11 is 0. The molecule has 5 aromatic rings. The van der Waals surface area contributed by atoms with E-state index >= 15 is 0 Å². The second-order valence-corrected chi connectivity index (χ2v) is 27.2. The van der Waals surface area contributed by atoms with Gasteiger partial charge in [0, 0.05) is 47.5 Å². The van der Waals surface area contributed by atoms with Crippen LogP contribution in [0.3, 0.4) is 0 Å². The number of hydrogen-bond donors (Lipinski definition) is 3. The molecule has 0 saturated carbocycles. The fourth-order valence-electron chi connectivity index (χ4n) is 15.4. The fourth-order valence-corrected chi connectivity index (χ4v) is 15.4. The van der Waals surface area contributed by atoms with Crippen molar-refractivity contribution in [3.63, 3.8) is 0 Å². The minimum atomic E-state index is 0.195. The highest BCUT2D eigenvalue weighted by atomic mass is 16.5. The Morgan fingerprint density at radius 1 is 0.598 bits per heavy atom. The van der Waals surface area contributed by atoms with Crippen LogP contribution in [0.5, 0.6) is 23.0 Å². The first kappa shape index (κ1) is 68.3. The zero-order valence-corrected chi connectivity index (χ0v) is 56.0. The number of allylic oxidation sites excluding steroid dienone is 6. The molecule has 4 aliphatic carbocycles. The zero-order chi connectivity index (χ0) is 63.2. The van der Waals surface area contributed by atoms with E-state index in [4.69, 9.17) is 14.2 Å². The lowest BCUT2D eigenvalue weighted by atomic mass is 9.59. The predicted molar refractivity (Wildman–Crippen MR) is 364 cm³/mol. The monoisotopic (exact) mass is 1180 g/mol. The molecule has 470 valence electrons. The van der Waals surface area contributed by atoms with Gasteiger partial charge >= 0.3 is 0 Å². The van der Waals surface area contributed by atoms with Crippen LogP contribution in [0, 0.1) is 51.4 Å². The molecule has 0 aliphatic heterocycles. The SMILES string of the molecule is C=C(Oc1cc(C)c2c3c1[C@H](C)CC[C@H]3[C@H](CCC=C(C)C)C(CC(=O)c1ccccc1)C2)c1ccccc1.COc1c(C)c(C)cc2c1[C@H](C)CC[C@H]2[C@@H](CO)CCC=C(C)C.COc1c(C)cc2c(c1O)[C@H](C)CC[C@H]2[C@@H](CO)CCC=C(C)C. The van der Waals surface area contributed by atoms with Crippen LogP contribution in [0.1, 0.15) is 258 Å². The summed E-state index contributed by atoms with van der Waals surface area (Å²) in [5, 5.41) is 30.7. The number of ketones is 1. The Morgan fingerprint density at radius 3 is 1.63 bits per heavy atom. The van der Waals surface area contributed by atoms with Gasteiger partial charge in [0.2, 0.25) is 0 Å². The van der Waals surface area contributed by atoms with Crippen LogP contribution in [-0.4, -0.2) is 48.5 Å². The third-order valence-electron chi connectivity index (χ3n) is 20.2. The summed E-state index contributed by atoms with van der Waals surface area (Å²) in [7, 11) is 3.39. The van der Waals surface area contributed by atoms with Gasteiger partial charge in [0.15, 0.2) is 17.3 Å². The molecule has 5 aromatic carbocycles. The summed E-state index contributed by atoms with van der Waals surface area (Å²) in [4.78, 5) is 13.4. The Hall–Kier alpha value is -6.15. The molecule has 0 fully saturated rings. The van der Waals surface area contributed by atoms with E-state index in [1.165, 1.54) is 86.1 Å². The average Bonchev–Trinajstić information content (AvgIpc) is 0.950. The molecule has 87 heavy (non-hydrogen) atoms. The molecule has 1 unspecified atom stereocenters. The van der Waals surface area contributed by atoms with Crippen LogP contribution in [-0.2, 0) is 6.42 Å². The van der Waals surface area contributed by atoms with Crippen molar-refractivity contribution in [2.75, 3.05) is 27.4 Å². The minimum Gasteiger partial charge on any atom is -0.504 e. The zero-order valence-electron chi connectivity index (χ0n) is 56.0. The van der Waals surface area contributed by atoms with Crippen molar-refractivity contribution in [2.24, 2.45) is 23.7 Å². The summed E-state index contributed by atoms with van der Waals surface area (Å²) in [6.45, 7) is 33.0. The van der Waals surface area contributed by atoms with Crippen LogP contribution in [0.25, 0.3) is 5.76 Å². The van der Waals surface area contributed by atoms with Gasteiger partial charge in [-0.2, -0.15) is 0 Å². The number of benzene rings is 5. The standard InChI is InChI=1S/C37H42O2.C22H34O2.C21H32O3/c1-24(2)13-12-18-31-30(23-34(38)29-16-10-7-11-17-29)22-33-26(4)21-35(36-25(3)19-20-32(31)37(33)36)39-27(5)28-14-8-6-9-15-28;1-14(2)8-7-9-18(13-23)19-11-10-15(3)21-20(19)12-16(4)17(5)22(21)24-6;1-13(2)7-6-8-16(12-22)17-10-9-14(3)19-18(17)11-15(4)21(24-5)20(19)23/h6-11,13-17,21,25,30-32H,5,12,18-20,22-23H2,1-4H3;8,12,15,18-19,23H,7,9-11,13H2,1-6H3;7,11,14,16-17,22-23H,6,8-10,12H2,1-5H3/t25-,30?,31-,32+;15-,18-,19+;14-,16-,17+/m111/s1. The highest BCUT2D eigenvalue weighted by Gasteiger charge is 2.43. The molecule has 4 aliphatic rings.